The number of ether oxygens (including phenoxy) is 3. The minimum atomic E-state index is -0.834. The third kappa shape index (κ3) is 11.2. The van der Waals surface area contributed by atoms with Crippen molar-refractivity contribution in [2.24, 2.45) is 5.73 Å². The van der Waals surface area contributed by atoms with E-state index in [1.165, 1.54) is 12.8 Å². The van der Waals surface area contributed by atoms with Crippen molar-refractivity contribution in [1.29, 1.82) is 0 Å². The van der Waals surface area contributed by atoms with Gasteiger partial charge >= 0.3 is 6.09 Å². The van der Waals surface area contributed by atoms with E-state index in [0.717, 1.165) is 12.8 Å². The second-order valence-corrected chi connectivity index (χ2v) is 3.91. The van der Waals surface area contributed by atoms with Gasteiger partial charge in [0, 0.05) is 6.61 Å². The predicted molar refractivity (Wildman–Crippen MR) is 69.1 cm³/mol. The number of nitrogens with two attached hydrogens (primary N) is 1. The van der Waals surface area contributed by atoms with Crippen molar-refractivity contribution in [3.8, 4) is 12.3 Å². The number of carbonyl (C=O) groups is 1. The smallest absolute Gasteiger partial charge is 0.404 e. The molecule has 0 aromatic rings. The molecule has 18 heavy (non-hydrogen) atoms. The normalized spacial score (nSPS) is 11.8. The van der Waals surface area contributed by atoms with Crippen molar-refractivity contribution in [1.82, 2.24) is 0 Å². The van der Waals surface area contributed by atoms with Crippen LogP contribution < -0.4 is 5.73 Å². The Morgan fingerprint density at radius 1 is 1.28 bits per heavy atom. The Morgan fingerprint density at radius 2 is 2.00 bits per heavy atom. The van der Waals surface area contributed by atoms with Gasteiger partial charge in [0.15, 0.2) is 6.10 Å². The highest BCUT2D eigenvalue weighted by atomic mass is 16.6. The van der Waals surface area contributed by atoms with E-state index in [1.54, 1.807) is 0 Å². The zero-order chi connectivity index (χ0) is 13.6. The second-order valence-electron chi connectivity index (χ2n) is 3.91. The van der Waals surface area contributed by atoms with Crippen LogP contribution >= 0.6 is 0 Å². The molecule has 0 saturated heterocycles. The highest BCUT2D eigenvalue weighted by molar-refractivity contribution is 5.64. The maximum absolute atomic E-state index is 10.7. The molecule has 0 radical (unpaired) electrons. The molecular weight excluding hydrogens is 234 g/mol. The quantitative estimate of drug-likeness (QED) is 0.452. The van der Waals surface area contributed by atoms with E-state index < -0.39 is 12.2 Å². The molecule has 0 fully saturated rings. The molecule has 0 heterocycles. The van der Waals surface area contributed by atoms with Crippen LogP contribution in [0.2, 0.25) is 0 Å². The fourth-order valence-corrected chi connectivity index (χ4v) is 1.38. The fraction of sp³-hybridized carbons (Fsp3) is 0.769. The molecule has 0 spiro atoms. The molecule has 0 aliphatic carbocycles. The lowest BCUT2D eigenvalue weighted by Crippen LogP contribution is -2.31. The molecule has 1 unspecified atom stereocenters. The van der Waals surface area contributed by atoms with Crippen molar-refractivity contribution in [3.63, 3.8) is 0 Å². The summed E-state index contributed by atoms with van der Waals surface area (Å²) in [6.07, 6.45) is 8.25. The summed E-state index contributed by atoms with van der Waals surface area (Å²) >= 11 is 0. The lowest BCUT2D eigenvalue weighted by atomic mass is 10.2. The number of carbonyl (C=O) groups excluding carboxylic acids is 1. The molecule has 0 aliphatic heterocycles. The lowest BCUT2D eigenvalue weighted by Gasteiger charge is -2.16. The summed E-state index contributed by atoms with van der Waals surface area (Å²) in [6, 6.07) is 0. The van der Waals surface area contributed by atoms with Crippen LogP contribution in [0.3, 0.4) is 0 Å². The highest BCUT2D eigenvalue weighted by Crippen LogP contribution is 2.01. The third-order valence-corrected chi connectivity index (χ3v) is 2.22. The van der Waals surface area contributed by atoms with Crippen LogP contribution in [0.15, 0.2) is 0 Å². The largest absolute Gasteiger partial charge is 0.441 e. The van der Waals surface area contributed by atoms with Gasteiger partial charge in [-0.25, -0.2) is 4.79 Å². The van der Waals surface area contributed by atoms with E-state index >= 15 is 0 Å². The number of unbranched alkanes of at least 4 members (excludes halogenated alkanes) is 3. The van der Waals surface area contributed by atoms with E-state index in [9.17, 15) is 4.79 Å². The van der Waals surface area contributed by atoms with Gasteiger partial charge in [-0.05, 0) is 6.42 Å². The topological polar surface area (TPSA) is 70.8 Å². The average molecular weight is 257 g/mol. The SMILES string of the molecule is C#CCOCC(COCCCCCC)OC(N)=O. The summed E-state index contributed by atoms with van der Waals surface area (Å²) < 4.78 is 15.3. The summed E-state index contributed by atoms with van der Waals surface area (Å²) in [5.74, 6) is 2.33. The minimum absolute atomic E-state index is 0.176. The molecule has 104 valence electrons. The number of rotatable bonds is 11. The maximum Gasteiger partial charge on any atom is 0.404 e. The van der Waals surface area contributed by atoms with Gasteiger partial charge in [-0.2, -0.15) is 0 Å². The van der Waals surface area contributed by atoms with Crippen LogP contribution in [0.4, 0.5) is 4.79 Å². The molecule has 0 bridgehead atoms. The van der Waals surface area contributed by atoms with Crippen molar-refractivity contribution < 1.29 is 19.0 Å². The predicted octanol–water partition coefficient (Wildman–Crippen LogP) is 1.70. The fourth-order valence-electron chi connectivity index (χ4n) is 1.38. The summed E-state index contributed by atoms with van der Waals surface area (Å²) in [7, 11) is 0. The third-order valence-electron chi connectivity index (χ3n) is 2.22. The van der Waals surface area contributed by atoms with Crippen molar-refractivity contribution >= 4 is 6.09 Å². The molecule has 1 atom stereocenters. The molecule has 0 aromatic heterocycles. The van der Waals surface area contributed by atoms with Gasteiger partial charge in [-0.15, -0.1) is 6.42 Å². The zero-order valence-corrected chi connectivity index (χ0v) is 11.0. The Hall–Kier alpha value is -1.25. The first-order valence-electron chi connectivity index (χ1n) is 6.25. The van der Waals surface area contributed by atoms with Crippen LogP contribution in [-0.2, 0) is 14.2 Å². The van der Waals surface area contributed by atoms with Gasteiger partial charge in [0.25, 0.3) is 0 Å². The molecule has 5 heteroatoms. The van der Waals surface area contributed by atoms with E-state index in [0.29, 0.717) is 6.61 Å². The zero-order valence-electron chi connectivity index (χ0n) is 11.0. The van der Waals surface area contributed by atoms with Gasteiger partial charge in [0.1, 0.15) is 6.61 Å². The molecular formula is C13H23NO4. The van der Waals surface area contributed by atoms with E-state index in [1.807, 2.05) is 0 Å². The highest BCUT2D eigenvalue weighted by Gasteiger charge is 2.12. The van der Waals surface area contributed by atoms with Crippen molar-refractivity contribution in [2.45, 2.75) is 38.7 Å². The number of amides is 1. The summed E-state index contributed by atoms with van der Waals surface area (Å²) in [5, 5.41) is 0. The van der Waals surface area contributed by atoms with Crippen LogP contribution in [-0.4, -0.2) is 38.6 Å². The Labute approximate surface area is 109 Å². The second kappa shape index (κ2) is 12.2. The summed E-state index contributed by atoms with van der Waals surface area (Å²) in [4.78, 5) is 10.7. The van der Waals surface area contributed by atoms with E-state index in [4.69, 9.17) is 26.4 Å². The Balaban J connectivity index is 3.65. The number of hydrogen-bond donors (Lipinski definition) is 1. The van der Waals surface area contributed by atoms with Crippen LogP contribution in [0.5, 0.6) is 0 Å². The molecule has 0 aliphatic rings. The molecule has 0 rings (SSSR count). The van der Waals surface area contributed by atoms with Gasteiger partial charge in [0.05, 0.1) is 13.2 Å². The molecule has 0 saturated carbocycles. The average Bonchev–Trinajstić information content (AvgIpc) is 2.33. The van der Waals surface area contributed by atoms with Crippen LogP contribution in [0, 0.1) is 12.3 Å². The van der Waals surface area contributed by atoms with Crippen molar-refractivity contribution in [2.75, 3.05) is 26.4 Å². The lowest BCUT2D eigenvalue weighted by molar-refractivity contribution is -0.0204. The first kappa shape index (κ1) is 16.8. The van der Waals surface area contributed by atoms with Crippen LogP contribution in [0.25, 0.3) is 0 Å². The van der Waals surface area contributed by atoms with Gasteiger partial charge in [-0.3, -0.25) is 0 Å². The standard InChI is InChI=1S/C13H23NO4/c1-3-5-6-7-9-17-11-12(18-13(14)15)10-16-8-4-2/h2,12H,3,5-11H2,1H3,(H2,14,15). The number of hydrogen-bond acceptors (Lipinski definition) is 4. The van der Waals surface area contributed by atoms with Gasteiger partial charge in [0.2, 0.25) is 0 Å². The van der Waals surface area contributed by atoms with Gasteiger partial charge < -0.3 is 19.9 Å². The maximum atomic E-state index is 10.7. The minimum Gasteiger partial charge on any atom is -0.441 e. The summed E-state index contributed by atoms with van der Waals surface area (Å²) in [6.45, 7) is 3.45. The van der Waals surface area contributed by atoms with Crippen LogP contribution in [0.1, 0.15) is 32.6 Å². The first-order chi connectivity index (χ1) is 8.70. The van der Waals surface area contributed by atoms with Gasteiger partial charge in [-0.1, -0.05) is 32.1 Å². The first-order valence-corrected chi connectivity index (χ1v) is 6.25. The summed E-state index contributed by atoms with van der Waals surface area (Å²) in [5.41, 5.74) is 4.95. The Bertz CT molecular complexity index is 250. The Kier molecular flexibility index (Phi) is 11.4. The molecule has 5 nitrogen and oxygen atoms in total. The van der Waals surface area contributed by atoms with E-state index in [2.05, 4.69) is 12.8 Å². The number of primary amides is 1. The molecule has 2 N–H and O–H groups in total. The number of terminal acetylenes is 1. The monoisotopic (exact) mass is 257 g/mol. The molecule has 1 amide bonds. The Morgan fingerprint density at radius 3 is 2.61 bits per heavy atom. The van der Waals surface area contributed by atoms with E-state index in [-0.39, 0.29) is 19.8 Å². The molecule has 0 aromatic carbocycles. The van der Waals surface area contributed by atoms with Crippen molar-refractivity contribution in [3.05, 3.63) is 0 Å².